The molecule has 76 valence electrons. The normalized spacial score (nSPS) is 10.2. The summed E-state index contributed by atoms with van der Waals surface area (Å²) in [5.41, 5.74) is 8.13. The van der Waals surface area contributed by atoms with Crippen LogP contribution in [0.3, 0.4) is 0 Å². The zero-order valence-corrected chi connectivity index (χ0v) is 9.17. The van der Waals surface area contributed by atoms with Crippen LogP contribution in [0.2, 0.25) is 0 Å². The van der Waals surface area contributed by atoms with Crippen molar-refractivity contribution in [2.75, 3.05) is 0 Å². The van der Waals surface area contributed by atoms with Crippen molar-refractivity contribution in [2.45, 2.75) is 6.92 Å². The van der Waals surface area contributed by atoms with E-state index in [0.29, 0.717) is 5.56 Å². The molecule has 0 atom stereocenters. The fourth-order valence-corrected chi connectivity index (χ4v) is 2.24. The van der Waals surface area contributed by atoms with Crippen LogP contribution in [0, 0.1) is 6.92 Å². The van der Waals surface area contributed by atoms with E-state index in [1.807, 2.05) is 25.1 Å². The van der Waals surface area contributed by atoms with E-state index in [2.05, 4.69) is 12.1 Å². The number of carbonyl (C=O) groups is 1. The molecule has 0 aliphatic carbocycles. The van der Waals surface area contributed by atoms with E-state index in [4.69, 9.17) is 5.73 Å². The topological polar surface area (TPSA) is 43.1 Å². The standard InChI is InChI=1S/C12H11NOS/c1-8-2-4-9(5-3-8)11-6-10(7-15-11)12(13)14/h2-7H,1H3,(H2,13,14). The van der Waals surface area contributed by atoms with Crippen molar-refractivity contribution in [3.8, 4) is 10.4 Å². The third-order valence-corrected chi connectivity index (χ3v) is 3.20. The number of aryl methyl sites for hydroxylation is 1. The van der Waals surface area contributed by atoms with Crippen LogP contribution in [-0.2, 0) is 0 Å². The van der Waals surface area contributed by atoms with Crippen LogP contribution in [0.15, 0.2) is 35.7 Å². The number of rotatable bonds is 2. The number of carbonyl (C=O) groups excluding carboxylic acids is 1. The summed E-state index contributed by atoms with van der Waals surface area (Å²) in [7, 11) is 0. The second kappa shape index (κ2) is 3.87. The lowest BCUT2D eigenvalue weighted by atomic mass is 10.1. The molecular weight excluding hydrogens is 206 g/mol. The Morgan fingerprint density at radius 2 is 1.93 bits per heavy atom. The van der Waals surface area contributed by atoms with Gasteiger partial charge in [0.1, 0.15) is 0 Å². The van der Waals surface area contributed by atoms with E-state index < -0.39 is 0 Å². The number of primary amides is 1. The van der Waals surface area contributed by atoms with Crippen LogP contribution >= 0.6 is 11.3 Å². The second-order valence-corrected chi connectivity index (χ2v) is 4.34. The Hall–Kier alpha value is -1.61. The monoisotopic (exact) mass is 217 g/mol. The summed E-state index contributed by atoms with van der Waals surface area (Å²) < 4.78 is 0. The highest BCUT2D eigenvalue weighted by atomic mass is 32.1. The van der Waals surface area contributed by atoms with Crippen molar-refractivity contribution in [2.24, 2.45) is 5.73 Å². The van der Waals surface area contributed by atoms with Gasteiger partial charge in [0.05, 0.1) is 5.56 Å². The first-order chi connectivity index (χ1) is 7.16. The second-order valence-electron chi connectivity index (χ2n) is 3.43. The van der Waals surface area contributed by atoms with Crippen molar-refractivity contribution >= 4 is 17.2 Å². The Bertz CT molecular complexity index is 485. The van der Waals surface area contributed by atoms with Gasteiger partial charge in [-0.2, -0.15) is 0 Å². The Kier molecular flexibility index (Phi) is 2.56. The molecule has 2 aromatic rings. The highest BCUT2D eigenvalue weighted by Crippen LogP contribution is 2.27. The predicted molar refractivity (Wildman–Crippen MR) is 63.0 cm³/mol. The number of benzene rings is 1. The molecule has 1 aromatic heterocycles. The van der Waals surface area contributed by atoms with Crippen LogP contribution in [0.25, 0.3) is 10.4 Å². The first-order valence-electron chi connectivity index (χ1n) is 4.62. The van der Waals surface area contributed by atoms with Gasteiger partial charge >= 0.3 is 0 Å². The molecule has 2 nitrogen and oxygen atoms in total. The van der Waals surface area contributed by atoms with Gasteiger partial charge < -0.3 is 5.73 Å². The molecular formula is C12H11NOS. The van der Waals surface area contributed by atoms with Gasteiger partial charge in [0.15, 0.2) is 0 Å². The number of hydrogen-bond acceptors (Lipinski definition) is 2. The number of thiophene rings is 1. The van der Waals surface area contributed by atoms with Crippen molar-refractivity contribution in [1.29, 1.82) is 0 Å². The number of hydrogen-bond donors (Lipinski definition) is 1. The molecule has 1 aromatic carbocycles. The third kappa shape index (κ3) is 2.07. The fraction of sp³-hybridized carbons (Fsp3) is 0.0833. The maximum Gasteiger partial charge on any atom is 0.249 e. The highest BCUT2D eigenvalue weighted by molar-refractivity contribution is 7.13. The summed E-state index contributed by atoms with van der Waals surface area (Å²) in [6.45, 7) is 2.05. The van der Waals surface area contributed by atoms with E-state index in [-0.39, 0.29) is 5.91 Å². The van der Waals surface area contributed by atoms with Crippen molar-refractivity contribution in [1.82, 2.24) is 0 Å². The van der Waals surface area contributed by atoms with Gasteiger partial charge in [-0.15, -0.1) is 11.3 Å². The van der Waals surface area contributed by atoms with E-state index in [0.717, 1.165) is 10.4 Å². The molecule has 15 heavy (non-hydrogen) atoms. The van der Waals surface area contributed by atoms with Crippen LogP contribution in [-0.4, -0.2) is 5.91 Å². The first kappa shape index (κ1) is 9.93. The number of amides is 1. The van der Waals surface area contributed by atoms with E-state index in [1.165, 1.54) is 16.9 Å². The molecule has 1 amide bonds. The molecule has 2 rings (SSSR count). The van der Waals surface area contributed by atoms with Crippen LogP contribution in [0.1, 0.15) is 15.9 Å². The minimum Gasteiger partial charge on any atom is -0.366 e. The molecule has 0 saturated heterocycles. The van der Waals surface area contributed by atoms with Crippen molar-refractivity contribution in [3.63, 3.8) is 0 Å². The molecule has 1 heterocycles. The minimum absolute atomic E-state index is 0.371. The molecule has 2 N–H and O–H groups in total. The van der Waals surface area contributed by atoms with E-state index in [1.54, 1.807) is 5.38 Å². The van der Waals surface area contributed by atoms with Gasteiger partial charge in [-0.1, -0.05) is 29.8 Å². The lowest BCUT2D eigenvalue weighted by Crippen LogP contribution is -2.08. The summed E-state index contributed by atoms with van der Waals surface area (Å²) in [4.78, 5) is 12.0. The summed E-state index contributed by atoms with van der Waals surface area (Å²) in [5, 5.41) is 1.79. The Balaban J connectivity index is 2.37. The van der Waals surface area contributed by atoms with E-state index >= 15 is 0 Å². The lowest BCUT2D eigenvalue weighted by molar-refractivity contribution is 0.100. The molecule has 0 bridgehead atoms. The quantitative estimate of drug-likeness (QED) is 0.825. The van der Waals surface area contributed by atoms with Crippen LogP contribution in [0.5, 0.6) is 0 Å². The summed E-state index contributed by atoms with van der Waals surface area (Å²) >= 11 is 1.54. The van der Waals surface area contributed by atoms with Crippen LogP contribution < -0.4 is 5.73 Å². The average Bonchev–Trinajstić information content (AvgIpc) is 2.68. The zero-order chi connectivity index (χ0) is 10.8. The molecule has 0 saturated carbocycles. The van der Waals surface area contributed by atoms with Crippen molar-refractivity contribution in [3.05, 3.63) is 46.8 Å². The predicted octanol–water partition coefficient (Wildman–Crippen LogP) is 2.82. The largest absolute Gasteiger partial charge is 0.366 e. The summed E-state index contributed by atoms with van der Waals surface area (Å²) in [5.74, 6) is -0.371. The Labute approximate surface area is 92.4 Å². The van der Waals surface area contributed by atoms with Gasteiger partial charge in [-0.3, -0.25) is 4.79 Å². The van der Waals surface area contributed by atoms with Gasteiger partial charge in [-0.05, 0) is 18.6 Å². The van der Waals surface area contributed by atoms with E-state index in [9.17, 15) is 4.79 Å². The smallest absolute Gasteiger partial charge is 0.249 e. The van der Waals surface area contributed by atoms with Gasteiger partial charge in [0.25, 0.3) is 0 Å². The van der Waals surface area contributed by atoms with Gasteiger partial charge in [-0.25, -0.2) is 0 Å². The molecule has 0 aliphatic heterocycles. The Morgan fingerprint density at radius 3 is 2.47 bits per heavy atom. The maximum atomic E-state index is 10.9. The van der Waals surface area contributed by atoms with Gasteiger partial charge in [0, 0.05) is 10.3 Å². The van der Waals surface area contributed by atoms with Gasteiger partial charge in [0.2, 0.25) is 5.91 Å². The zero-order valence-electron chi connectivity index (χ0n) is 8.36. The molecule has 3 heteroatoms. The summed E-state index contributed by atoms with van der Waals surface area (Å²) in [6, 6.07) is 10.0. The molecule has 0 unspecified atom stereocenters. The average molecular weight is 217 g/mol. The first-order valence-corrected chi connectivity index (χ1v) is 5.50. The lowest BCUT2D eigenvalue weighted by Gasteiger charge is -1.97. The maximum absolute atomic E-state index is 10.9. The van der Waals surface area contributed by atoms with Crippen molar-refractivity contribution < 1.29 is 4.79 Å². The fourth-order valence-electron chi connectivity index (χ4n) is 1.33. The molecule has 0 fully saturated rings. The summed E-state index contributed by atoms with van der Waals surface area (Å²) in [6.07, 6.45) is 0. The Morgan fingerprint density at radius 1 is 1.27 bits per heavy atom. The third-order valence-electron chi connectivity index (χ3n) is 2.22. The SMILES string of the molecule is Cc1ccc(-c2cc(C(N)=O)cs2)cc1. The highest BCUT2D eigenvalue weighted by Gasteiger charge is 2.05. The molecule has 0 radical (unpaired) electrons. The van der Waals surface area contributed by atoms with Crippen LogP contribution in [0.4, 0.5) is 0 Å². The number of nitrogens with two attached hydrogens (primary N) is 1. The molecule has 0 spiro atoms. The minimum atomic E-state index is -0.371. The molecule has 0 aliphatic rings.